The van der Waals surface area contributed by atoms with Crippen molar-refractivity contribution in [2.24, 2.45) is 0 Å². The van der Waals surface area contributed by atoms with Crippen molar-refractivity contribution in [3.63, 3.8) is 0 Å². The van der Waals surface area contributed by atoms with E-state index in [9.17, 15) is 8.78 Å². The largest absolute Gasteiger partial charge is 0.497 e. The van der Waals surface area contributed by atoms with Gasteiger partial charge in [0, 0.05) is 24.4 Å². The molecule has 0 saturated carbocycles. The van der Waals surface area contributed by atoms with E-state index in [1.54, 1.807) is 6.07 Å². The highest BCUT2D eigenvalue weighted by molar-refractivity contribution is 5.48. The van der Waals surface area contributed by atoms with Crippen molar-refractivity contribution < 1.29 is 13.5 Å². The van der Waals surface area contributed by atoms with Crippen molar-refractivity contribution in [3.8, 4) is 5.75 Å². The van der Waals surface area contributed by atoms with E-state index >= 15 is 0 Å². The van der Waals surface area contributed by atoms with Gasteiger partial charge in [-0.1, -0.05) is 0 Å². The maximum Gasteiger partial charge on any atom is 0.128 e. The average molecular weight is 187 g/mol. The number of hydrogen-bond acceptors (Lipinski definition) is 2. The third-order valence-corrected chi connectivity index (χ3v) is 1.53. The van der Waals surface area contributed by atoms with Gasteiger partial charge in [-0.3, -0.25) is 0 Å². The van der Waals surface area contributed by atoms with E-state index in [1.165, 1.54) is 19.2 Å². The molecule has 2 nitrogen and oxygen atoms in total. The van der Waals surface area contributed by atoms with Crippen LogP contribution in [0.4, 0.5) is 14.5 Å². The number of hydrogen-bond donors (Lipinski definition) is 1. The first-order valence-electron chi connectivity index (χ1n) is 3.90. The fraction of sp³-hybridized carbons (Fsp3) is 0.333. The Hall–Kier alpha value is -1.32. The monoisotopic (exact) mass is 187 g/mol. The van der Waals surface area contributed by atoms with Crippen molar-refractivity contribution in [2.75, 3.05) is 25.6 Å². The Labute approximate surface area is 75.5 Å². The zero-order valence-electron chi connectivity index (χ0n) is 7.31. The van der Waals surface area contributed by atoms with Crippen LogP contribution in [-0.4, -0.2) is 20.3 Å². The van der Waals surface area contributed by atoms with Gasteiger partial charge < -0.3 is 10.1 Å². The molecule has 0 aliphatic rings. The van der Waals surface area contributed by atoms with Gasteiger partial charge in [-0.15, -0.1) is 0 Å². The summed E-state index contributed by atoms with van der Waals surface area (Å²) < 4.78 is 29.4. The molecule has 13 heavy (non-hydrogen) atoms. The summed E-state index contributed by atoms with van der Waals surface area (Å²) in [5.41, 5.74) is 0.523. The molecule has 0 aliphatic carbocycles. The molecule has 0 heterocycles. The molecule has 1 aromatic rings. The van der Waals surface area contributed by atoms with E-state index < -0.39 is 12.5 Å². The molecule has 0 saturated heterocycles. The molecular formula is C9H11F2NO. The van der Waals surface area contributed by atoms with Crippen LogP contribution in [0.1, 0.15) is 0 Å². The van der Waals surface area contributed by atoms with Crippen LogP contribution >= 0.6 is 0 Å². The average Bonchev–Trinajstić information content (AvgIpc) is 2.14. The van der Waals surface area contributed by atoms with Gasteiger partial charge in [-0.05, 0) is 6.07 Å². The number of halogens is 2. The number of benzene rings is 1. The van der Waals surface area contributed by atoms with Crippen LogP contribution in [0.3, 0.4) is 0 Å². The van der Waals surface area contributed by atoms with Crippen LogP contribution in [0.15, 0.2) is 18.2 Å². The van der Waals surface area contributed by atoms with Gasteiger partial charge in [0.15, 0.2) is 0 Å². The second kappa shape index (κ2) is 4.64. The highest BCUT2D eigenvalue weighted by Gasteiger charge is 1.99. The van der Waals surface area contributed by atoms with Crippen molar-refractivity contribution >= 4 is 5.69 Å². The lowest BCUT2D eigenvalue weighted by atomic mass is 10.3. The quantitative estimate of drug-likeness (QED) is 0.780. The predicted octanol–water partition coefficient (Wildman–Crippen LogP) is 2.22. The highest BCUT2D eigenvalue weighted by Crippen LogP contribution is 2.19. The Bertz CT molecular complexity index is 278. The predicted molar refractivity (Wildman–Crippen MR) is 47.4 cm³/mol. The first kappa shape index (κ1) is 9.77. The van der Waals surface area contributed by atoms with E-state index in [2.05, 4.69) is 5.32 Å². The number of nitrogens with one attached hydrogen (secondary N) is 1. The Morgan fingerprint density at radius 1 is 1.38 bits per heavy atom. The molecule has 0 atom stereocenters. The zero-order valence-corrected chi connectivity index (χ0v) is 7.31. The topological polar surface area (TPSA) is 21.3 Å². The molecule has 1 N–H and O–H groups in total. The zero-order chi connectivity index (χ0) is 9.68. The summed E-state index contributed by atoms with van der Waals surface area (Å²) in [5, 5.41) is 2.71. The molecule has 0 amide bonds. The molecule has 0 aliphatic heterocycles. The van der Waals surface area contributed by atoms with E-state index in [0.717, 1.165) is 0 Å². The van der Waals surface area contributed by atoms with Crippen LogP contribution in [0, 0.1) is 5.82 Å². The fourth-order valence-corrected chi connectivity index (χ4v) is 0.974. The van der Waals surface area contributed by atoms with E-state index in [4.69, 9.17) is 4.74 Å². The third-order valence-electron chi connectivity index (χ3n) is 1.53. The maximum atomic E-state index is 12.8. The Kier molecular flexibility index (Phi) is 3.49. The molecular weight excluding hydrogens is 176 g/mol. The summed E-state index contributed by atoms with van der Waals surface area (Å²) in [6, 6.07) is 4.16. The van der Waals surface area contributed by atoms with Gasteiger partial charge in [0.25, 0.3) is 0 Å². The second-order valence-corrected chi connectivity index (χ2v) is 2.50. The van der Waals surface area contributed by atoms with E-state index in [0.29, 0.717) is 11.4 Å². The second-order valence-electron chi connectivity index (χ2n) is 2.50. The van der Waals surface area contributed by atoms with E-state index in [1.807, 2.05) is 0 Å². The summed E-state index contributed by atoms with van der Waals surface area (Å²) in [4.78, 5) is 0. The van der Waals surface area contributed by atoms with Crippen LogP contribution in [0.25, 0.3) is 0 Å². The first-order valence-corrected chi connectivity index (χ1v) is 3.90. The minimum Gasteiger partial charge on any atom is -0.497 e. The molecule has 1 aromatic carbocycles. The van der Waals surface area contributed by atoms with Crippen molar-refractivity contribution in [1.29, 1.82) is 0 Å². The van der Waals surface area contributed by atoms with Crippen molar-refractivity contribution in [3.05, 3.63) is 24.0 Å². The van der Waals surface area contributed by atoms with Crippen LogP contribution in [0.5, 0.6) is 5.75 Å². The molecule has 0 spiro atoms. The molecule has 4 heteroatoms. The summed E-state index contributed by atoms with van der Waals surface area (Å²) >= 11 is 0. The number of alkyl halides is 1. The Morgan fingerprint density at radius 3 is 2.77 bits per heavy atom. The van der Waals surface area contributed by atoms with Gasteiger partial charge in [-0.2, -0.15) is 0 Å². The lowest BCUT2D eigenvalue weighted by Crippen LogP contribution is -2.03. The van der Waals surface area contributed by atoms with Gasteiger partial charge in [0.2, 0.25) is 0 Å². The fourth-order valence-electron chi connectivity index (χ4n) is 0.974. The summed E-state index contributed by atoms with van der Waals surface area (Å²) in [6.45, 7) is -0.314. The number of ether oxygens (including phenoxy) is 1. The first-order chi connectivity index (χ1) is 6.26. The Balaban J connectivity index is 2.76. The maximum absolute atomic E-state index is 12.8. The molecule has 72 valence electrons. The molecule has 0 unspecified atom stereocenters. The van der Waals surface area contributed by atoms with Crippen molar-refractivity contribution in [2.45, 2.75) is 0 Å². The van der Waals surface area contributed by atoms with Gasteiger partial charge >= 0.3 is 0 Å². The molecule has 0 bridgehead atoms. The molecule has 0 radical (unpaired) electrons. The number of methoxy groups -OCH3 is 1. The van der Waals surface area contributed by atoms with Gasteiger partial charge in [0.1, 0.15) is 18.2 Å². The SMILES string of the molecule is COc1cc(F)cc(NCCF)c1. The molecule has 1 rings (SSSR count). The van der Waals surface area contributed by atoms with Gasteiger partial charge in [0.05, 0.1) is 7.11 Å². The van der Waals surface area contributed by atoms with Gasteiger partial charge in [-0.25, -0.2) is 8.78 Å². The smallest absolute Gasteiger partial charge is 0.128 e. The minimum absolute atomic E-state index is 0.173. The van der Waals surface area contributed by atoms with E-state index in [-0.39, 0.29) is 6.54 Å². The summed E-state index contributed by atoms with van der Waals surface area (Å²) in [6.07, 6.45) is 0. The highest BCUT2D eigenvalue weighted by atomic mass is 19.1. The third kappa shape index (κ3) is 2.89. The normalized spacial score (nSPS) is 9.77. The number of rotatable bonds is 4. The lowest BCUT2D eigenvalue weighted by Gasteiger charge is -2.06. The number of anilines is 1. The van der Waals surface area contributed by atoms with Crippen LogP contribution in [-0.2, 0) is 0 Å². The lowest BCUT2D eigenvalue weighted by molar-refractivity contribution is 0.411. The van der Waals surface area contributed by atoms with Crippen LogP contribution in [0.2, 0.25) is 0 Å². The summed E-state index contributed by atoms with van der Waals surface area (Å²) in [7, 11) is 1.45. The molecule has 0 aromatic heterocycles. The molecule has 0 fully saturated rings. The Morgan fingerprint density at radius 2 is 2.15 bits per heavy atom. The minimum atomic E-state index is -0.487. The standard InChI is InChI=1S/C9H11F2NO/c1-13-9-5-7(11)4-8(6-9)12-3-2-10/h4-6,12H,2-3H2,1H3. The van der Waals surface area contributed by atoms with Crippen LogP contribution < -0.4 is 10.1 Å². The van der Waals surface area contributed by atoms with Crippen molar-refractivity contribution in [1.82, 2.24) is 0 Å². The summed E-state index contributed by atoms with van der Waals surface area (Å²) in [5.74, 6) is 0.0158.